The number of carboxylic acid groups (broad SMARTS) is 1. The van der Waals surface area contributed by atoms with Gasteiger partial charge in [-0.1, -0.05) is 0 Å². The van der Waals surface area contributed by atoms with Gasteiger partial charge in [0.25, 0.3) is 0 Å². The average Bonchev–Trinajstić information content (AvgIpc) is 2.23. The van der Waals surface area contributed by atoms with Crippen LogP contribution in [-0.4, -0.2) is 67.9 Å². The minimum Gasteiger partial charge on any atom is -0.480 e. The Morgan fingerprint density at radius 2 is 2.06 bits per heavy atom. The van der Waals surface area contributed by atoms with E-state index in [0.29, 0.717) is 19.8 Å². The first-order valence-corrected chi connectivity index (χ1v) is 5.55. The molecular weight excluding hydrogens is 234 g/mol. The zero-order valence-electron chi connectivity index (χ0n) is 9.98. The van der Waals surface area contributed by atoms with Gasteiger partial charge in [0.2, 0.25) is 0 Å². The number of aliphatic carboxylic acids is 1. The van der Waals surface area contributed by atoms with Crippen molar-refractivity contribution in [2.45, 2.75) is 18.3 Å². The number of halogens is 1. The fourth-order valence-electron chi connectivity index (χ4n) is 1.33. The number of methoxy groups -OCH3 is 2. The van der Waals surface area contributed by atoms with Gasteiger partial charge in [-0.15, -0.1) is 11.6 Å². The number of hydrogen-bond acceptors (Lipinski definition) is 4. The molecule has 0 saturated heterocycles. The highest BCUT2D eigenvalue weighted by atomic mass is 35.5. The molecule has 96 valence electrons. The van der Waals surface area contributed by atoms with Crippen LogP contribution in [0, 0.1) is 0 Å². The summed E-state index contributed by atoms with van der Waals surface area (Å²) in [6.07, 6.45) is 0. The number of hydrogen-bond donors (Lipinski definition) is 1. The Balaban J connectivity index is 4.23. The molecule has 0 bridgehead atoms. The highest BCUT2D eigenvalue weighted by Crippen LogP contribution is 2.06. The molecule has 0 aliphatic heterocycles. The number of carbonyl (C=O) groups is 1. The molecule has 0 amide bonds. The molecular formula is C10H20ClNO4. The normalized spacial score (nSPS) is 15.1. The number of alkyl halides is 1. The standard InChI is InChI=1S/C10H20ClNO4/c1-8(7-16-3)12(4-5-15-2)6-9(11)10(13)14/h8-9H,4-7H2,1-3H3,(H,13,14). The Bertz CT molecular complexity index is 203. The predicted octanol–water partition coefficient (Wildman–Crippen LogP) is 0.662. The fourth-order valence-corrected chi connectivity index (χ4v) is 1.51. The molecule has 6 heteroatoms. The quantitative estimate of drug-likeness (QED) is 0.612. The second kappa shape index (κ2) is 8.75. The van der Waals surface area contributed by atoms with E-state index in [1.807, 2.05) is 11.8 Å². The van der Waals surface area contributed by atoms with E-state index in [0.717, 1.165) is 0 Å². The maximum absolute atomic E-state index is 10.7. The summed E-state index contributed by atoms with van der Waals surface area (Å²) in [4.78, 5) is 12.6. The van der Waals surface area contributed by atoms with Gasteiger partial charge >= 0.3 is 5.97 Å². The van der Waals surface area contributed by atoms with Crippen LogP contribution in [0.25, 0.3) is 0 Å². The Kier molecular flexibility index (Phi) is 8.56. The highest BCUT2D eigenvalue weighted by molar-refractivity contribution is 6.29. The summed E-state index contributed by atoms with van der Waals surface area (Å²) >= 11 is 5.71. The van der Waals surface area contributed by atoms with E-state index in [4.69, 9.17) is 26.2 Å². The van der Waals surface area contributed by atoms with Gasteiger partial charge in [0.15, 0.2) is 0 Å². The Morgan fingerprint density at radius 3 is 2.50 bits per heavy atom. The third-order valence-corrected chi connectivity index (χ3v) is 2.60. The number of rotatable bonds is 9. The van der Waals surface area contributed by atoms with E-state index in [2.05, 4.69) is 0 Å². The summed E-state index contributed by atoms with van der Waals surface area (Å²) in [6, 6.07) is 0.112. The van der Waals surface area contributed by atoms with Crippen LogP contribution in [0.3, 0.4) is 0 Å². The molecule has 0 aromatic carbocycles. The van der Waals surface area contributed by atoms with Crippen LogP contribution >= 0.6 is 11.6 Å². The van der Waals surface area contributed by atoms with Gasteiger partial charge in [-0.05, 0) is 6.92 Å². The van der Waals surface area contributed by atoms with Crippen LogP contribution in [0.1, 0.15) is 6.92 Å². The molecule has 5 nitrogen and oxygen atoms in total. The van der Waals surface area contributed by atoms with Gasteiger partial charge in [0.05, 0.1) is 13.2 Å². The molecule has 16 heavy (non-hydrogen) atoms. The van der Waals surface area contributed by atoms with E-state index in [1.165, 1.54) is 0 Å². The maximum atomic E-state index is 10.7. The Labute approximate surface area is 101 Å². The lowest BCUT2D eigenvalue weighted by atomic mass is 10.2. The van der Waals surface area contributed by atoms with E-state index >= 15 is 0 Å². The lowest BCUT2D eigenvalue weighted by Gasteiger charge is -2.29. The molecule has 1 N–H and O–H groups in total. The van der Waals surface area contributed by atoms with Crippen molar-refractivity contribution in [3.63, 3.8) is 0 Å². The van der Waals surface area contributed by atoms with Crippen LogP contribution in [0.5, 0.6) is 0 Å². The van der Waals surface area contributed by atoms with Crippen molar-refractivity contribution in [1.82, 2.24) is 4.90 Å². The molecule has 0 radical (unpaired) electrons. The summed E-state index contributed by atoms with van der Waals surface area (Å²) in [5, 5.41) is 7.84. The smallest absolute Gasteiger partial charge is 0.322 e. The van der Waals surface area contributed by atoms with Crippen LogP contribution in [-0.2, 0) is 14.3 Å². The molecule has 0 saturated carbocycles. The van der Waals surface area contributed by atoms with Crippen LogP contribution in [0.4, 0.5) is 0 Å². The third kappa shape index (κ3) is 6.27. The highest BCUT2D eigenvalue weighted by Gasteiger charge is 2.21. The van der Waals surface area contributed by atoms with Crippen molar-refractivity contribution in [3.8, 4) is 0 Å². The van der Waals surface area contributed by atoms with Gasteiger partial charge in [0.1, 0.15) is 5.38 Å². The van der Waals surface area contributed by atoms with Gasteiger partial charge < -0.3 is 14.6 Å². The summed E-state index contributed by atoms with van der Waals surface area (Å²) in [7, 11) is 3.22. The van der Waals surface area contributed by atoms with Crippen molar-refractivity contribution in [2.24, 2.45) is 0 Å². The molecule has 0 heterocycles. The summed E-state index contributed by atoms with van der Waals surface area (Å²) in [5.74, 6) is -1.01. The molecule has 0 aromatic heterocycles. The first-order chi connectivity index (χ1) is 7.52. The summed E-state index contributed by atoms with van der Waals surface area (Å²) in [5.41, 5.74) is 0. The van der Waals surface area contributed by atoms with Crippen molar-refractivity contribution in [1.29, 1.82) is 0 Å². The second-order valence-electron chi connectivity index (χ2n) is 3.60. The molecule has 0 fully saturated rings. The van der Waals surface area contributed by atoms with Crippen molar-refractivity contribution >= 4 is 17.6 Å². The molecule has 2 atom stereocenters. The topological polar surface area (TPSA) is 59.0 Å². The van der Waals surface area contributed by atoms with Crippen LogP contribution in [0.15, 0.2) is 0 Å². The molecule has 0 aromatic rings. The van der Waals surface area contributed by atoms with Crippen molar-refractivity contribution < 1.29 is 19.4 Å². The van der Waals surface area contributed by atoms with Gasteiger partial charge in [-0.3, -0.25) is 9.69 Å². The van der Waals surface area contributed by atoms with Gasteiger partial charge in [-0.25, -0.2) is 0 Å². The molecule has 0 spiro atoms. The van der Waals surface area contributed by atoms with Gasteiger partial charge in [0, 0.05) is 33.4 Å². The average molecular weight is 254 g/mol. The first-order valence-electron chi connectivity index (χ1n) is 5.11. The molecule has 0 aliphatic carbocycles. The minimum atomic E-state index is -1.01. The Hall–Kier alpha value is -0.360. The second-order valence-corrected chi connectivity index (χ2v) is 4.12. The van der Waals surface area contributed by atoms with E-state index in [1.54, 1.807) is 14.2 Å². The first kappa shape index (κ1) is 15.6. The van der Waals surface area contributed by atoms with Crippen molar-refractivity contribution in [3.05, 3.63) is 0 Å². The molecule has 0 rings (SSSR count). The molecule has 2 unspecified atom stereocenters. The zero-order chi connectivity index (χ0) is 12.6. The van der Waals surface area contributed by atoms with E-state index in [-0.39, 0.29) is 12.6 Å². The van der Waals surface area contributed by atoms with E-state index in [9.17, 15) is 4.79 Å². The largest absolute Gasteiger partial charge is 0.480 e. The van der Waals surface area contributed by atoms with Gasteiger partial charge in [-0.2, -0.15) is 0 Å². The Morgan fingerprint density at radius 1 is 1.44 bits per heavy atom. The maximum Gasteiger partial charge on any atom is 0.322 e. The zero-order valence-corrected chi connectivity index (χ0v) is 10.7. The number of ether oxygens (including phenoxy) is 2. The number of nitrogens with zero attached hydrogens (tertiary/aromatic N) is 1. The van der Waals surface area contributed by atoms with E-state index < -0.39 is 11.3 Å². The molecule has 0 aliphatic rings. The third-order valence-electron chi connectivity index (χ3n) is 2.28. The predicted molar refractivity (Wildman–Crippen MR) is 62.1 cm³/mol. The lowest BCUT2D eigenvalue weighted by molar-refractivity contribution is -0.137. The number of carboxylic acids is 1. The minimum absolute atomic E-state index is 0.112. The monoisotopic (exact) mass is 253 g/mol. The summed E-state index contributed by atoms with van der Waals surface area (Å²) < 4.78 is 10.0. The SMILES string of the molecule is COCCN(CC(Cl)C(=O)O)C(C)COC. The fraction of sp³-hybridized carbons (Fsp3) is 0.900. The van der Waals surface area contributed by atoms with Crippen molar-refractivity contribution in [2.75, 3.05) is 40.5 Å². The van der Waals surface area contributed by atoms with Crippen LogP contribution < -0.4 is 0 Å². The lowest BCUT2D eigenvalue weighted by Crippen LogP contribution is -2.43. The summed E-state index contributed by atoms with van der Waals surface area (Å²) in [6.45, 7) is 3.96. The van der Waals surface area contributed by atoms with Crippen LogP contribution in [0.2, 0.25) is 0 Å².